The lowest BCUT2D eigenvalue weighted by atomic mass is 10.1. The zero-order valence-electron chi connectivity index (χ0n) is 12.8. The lowest BCUT2D eigenvalue weighted by Gasteiger charge is -2.17. The number of alkyl carbamates (subject to hydrolysis) is 1. The molecule has 0 heterocycles. The molecule has 0 saturated carbocycles. The average Bonchev–Trinajstić information content (AvgIpc) is 2.58. The summed E-state index contributed by atoms with van der Waals surface area (Å²) in [7, 11) is 2.10. The second-order valence-electron chi connectivity index (χ2n) is 4.51. The Morgan fingerprint density at radius 3 is 2.26 bits per heavy atom. The van der Waals surface area contributed by atoms with Gasteiger partial charge in [-0.2, -0.15) is 0 Å². The maximum Gasteiger partial charge on any atom is 0.408 e. The van der Waals surface area contributed by atoms with Gasteiger partial charge in [0.15, 0.2) is 6.17 Å². The van der Waals surface area contributed by atoms with Crippen molar-refractivity contribution in [1.82, 2.24) is 5.32 Å². The van der Waals surface area contributed by atoms with Crippen molar-refractivity contribution in [1.29, 1.82) is 0 Å². The summed E-state index contributed by atoms with van der Waals surface area (Å²) in [4.78, 5) is 34.3. The topological polar surface area (TPSA) is 90.9 Å². The number of hydrogen-bond acceptors (Lipinski definition) is 6. The van der Waals surface area contributed by atoms with Gasteiger partial charge in [0, 0.05) is 6.42 Å². The number of nitrogens with one attached hydrogen (secondary N) is 1. The van der Waals surface area contributed by atoms with Crippen LogP contribution in [-0.4, -0.2) is 44.5 Å². The van der Waals surface area contributed by atoms with Crippen LogP contribution in [0.4, 0.5) is 9.18 Å². The summed E-state index contributed by atoms with van der Waals surface area (Å²) in [6.45, 7) is -0.0172. The molecule has 0 aliphatic carbocycles. The minimum Gasteiger partial charge on any atom is -0.467 e. The largest absolute Gasteiger partial charge is 0.467 e. The monoisotopic (exact) mass is 327 g/mol. The van der Waals surface area contributed by atoms with Crippen LogP contribution in [0, 0.1) is 0 Å². The van der Waals surface area contributed by atoms with Crippen molar-refractivity contribution in [2.75, 3.05) is 14.2 Å². The number of methoxy groups -OCH3 is 2. The van der Waals surface area contributed by atoms with Crippen LogP contribution in [0.5, 0.6) is 0 Å². The molecule has 1 amide bonds. The van der Waals surface area contributed by atoms with Crippen LogP contribution >= 0.6 is 0 Å². The molecule has 0 aliphatic rings. The fraction of sp³-hybridized carbons (Fsp3) is 0.400. The van der Waals surface area contributed by atoms with Gasteiger partial charge in [0.2, 0.25) is 0 Å². The predicted molar refractivity (Wildman–Crippen MR) is 77.1 cm³/mol. The van der Waals surface area contributed by atoms with Gasteiger partial charge in [0.25, 0.3) is 0 Å². The molecule has 0 bridgehead atoms. The smallest absolute Gasteiger partial charge is 0.408 e. The van der Waals surface area contributed by atoms with Crippen molar-refractivity contribution < 1.29 is 33.0 Å². The summed E-state index contributed by atoms with van der Waals surface area (Å²) in [6, 6.07) is 7.50. The molecule has 0 saturated heterocycles. The molecule has 0 radical (unpaired) electrons. The molecule has 0 aromatic heterocycles. The molecule has 0 spiro atoms. The Bertz CT molecular complexity index is 536. The predicted octanol–water partition coefficient (Wildman–Crippen LogP) is 1.36. The van der Waals surface area contributed by atoms with Crippen LogP contribution in [0.25, 0.3) is 0 Å². The van der Waals surface area contributed by atoms with E-state index in [1.165, 1.54) is 0 Å². The number of halogens is 1. The summed E-state index contributed by atoms with van der Waals surface area (Å²) in [5.74, 6) is -2.04. The maximum atomic E-state index is 13.6. The van der Waals surface area contributed by atoms with Gasteiger partial charge < -0.3 is 19.5 Å². The molecular formula is C15H18FNO6. The summed E-state index contributed by atoms with van der Waals surface area (Å²) >= 11 is 0. The van der Waals surface area contributed by atoms with E-state index in [9.17, 15) is 18.8 Å². The van der Waals surface area contributed by atoms with Crippen molar-refractivity contribution in [2.24, 2.45) is 0 Å². The standard InChI is InChI=1S/C15H18FNO6/c1-21-13(18)11(16)8-12(14(19)22-2)17-15(20)23-9-10-6-4-3-5-7-10/h3-7,11-12H,8-9H2,1-2H3,(H,17,20)/t11-,12-/m0/s1. The van der Waals surface area contributed by atoms with Gasteiger partial charge in [-0.25, -0.2) is 18.8 Å². The number of amides is 1. The van der Waals surface area contributed by atoms with Crippen LogP contribution in [0.2, 0.25) is 0 Å². The van der Waals surface area contributed by atoms with Crippen molar-refractivity contribution in [3.05, 3.63) is 35.9 Å². The number of benzene rings is 1. The molecule has 1 rings (SSSR count). The molecule has 23 heavy (non-hydrogen) atoms. The lowest BCUT2D eigenvalue weighted by molar-refractivity contribution is -0.149. The van der Waals surface area contributed by atoms with Crippen LogP contribution < -0.4 is 5.32 Å². The first-order valence-electron chi connectivity index (χ1n) is 6.74. The number of ether oxygens (including phenoxy) is 3. The third kappa shape index (κ3) is 6.33. The Hall–Kier alpha value is -2.64. The van der Waals surface area contributed by atoms with Gasteiger partial charge in [0.05, 0.1) is 14.2 Å². The Kier molecular flexibility index (Phi) is 7.52. The first-order valence-corrected chi connectivity index (χ1v) is 6.74. The molecule has 2 atom stereocenters. The molecular weight excluding hydrogens is 309 g/mol. The number of carbonyl (C=O) groups excluding carboxylic acids is 3. The van der Waals surface area contributed by atoms with E-state index >= 15 is 0 Å². The molecule has 1 aromatic carbocycles. The summed E-state index contributed by atoms with van der Waals surface area (Å²) < 4.78 is 27.2. The van der Waals surface area contributed by atoms with Crippen molar-refractivity contribution >= 4 is 18.0 Å². The molecule has 0 unspecified atom stereocenters. The SMILES string of the molecule is COC(=O)[C@H](C[C@H](F)C(=O)OC)NC(=O)OCc1ccccc1. The van der Waals surface area contributed by atoms with Crippen LogP contribution in [0.3, 0.4) is 0 Å². The average molecular weight is 327 g/mol. The minimum atomic E-state index is -2.07. The zero-order valence-corrected chi connectivity index (χ0v) is 12.8. The lowest BCUT2D eigenvalue weighted by Crippen LogP contribution is -2.44. The number of esters is 2. The van der Waals surface area contributed by atoms with E-state index in [0.29, 0.717) is 0 Å². The molecule has 1 N–H and O–H groups in total. The number of rotatable bonds is 7. The minimum absolute atomic E-state index is 0.0172. The first kappa shape index (κ1) is 18.4. The first-order chi connectivity index (χ1) is 11.0. The number of alkyl halides is 1. The van der Waals surface area contributed by atoms with E-state index in [0.717, 1.165) is 19.8 Å². The van der Waals surface area contributed by atoms with Crippen molar-refractivity contribution in [3.63, 3.8) is 0 Å². The molecule has 7 nitrogen and oxygen atoms in total. The van der Waals surface area contributed by atoms with E-state index in [1.807, 2.05) is 6.07 Å². The van der Waals surface area contributed by atoms with Gasteiger partial charge in [0.1, 0.15) is 12.6 Å². The Morgan fingerprint density at radius 2 is 1.70 bits per heavy atom. The summed E-state index contributed by atoms with van der Waals surface area (Å²) in [5.41, 5.74) is 0.746. The van der Waals surface area contributed by atoms with Gasteiger partial charge in [-0.1, -0.05) is 30.3 Å². The van der Waals surface area contributed by atoms with Gasteiger partial charge in [-0.3, -0.25) is 0 Å². The molecule has 1 aromatic rings. The second-order valence-corrected chi connectivity index (χ2v) is 4.51. The molecule has 126 valence electrons. The Labute approximate surface area is 132 Å². The van der Waals surface area contributed by atoms with Crippen LogP contribution in [-0.2, 0) is 30.4 Å². The fourth-order valence-electron chi connectivity index (χ4n) is 1.69. The highest BCUT2D eigenvalue weighted by molar-refractivity contribution is 5.83. The zero-order chi connectivity index (χ0) is 17.2. The quantitative estimate of drug-likeness (QED) is 0.600. The van der Waals surface area contributed by atoms with E-state index in [4.69, 9.17) is 4.74 Å². The van der Waals surface area contributed by atoms with E-state index in [1.54, 1.807) is 24.3 Å². The Morgan fingerprint density at radius 1 is 1.09 bits per heavy atom. The second kappa shape index (κ2) is 9.39. The summed E-state index contributed by atoms with van der Waals surface area (Å²) in [5, 5.41) is 2.16. The Balaban J connectivity index is 2.57. The van der Waals surface area contributed by atoms with Crippen LogP contribution in [0.15, 0.2) is 30.3 Å². The number of carbonyl (C=O) groups is 3. The highest BCUT2D eigenvalue weighted by Crippen LogP contribution is 2.07. The normalized spacial score (nSPS) is 12.7. The third-order valence-corrected chi connectivity index (χ3v) is 2.89. The third-order valence-electron chi connectivity index (χ3n) is 2.89. The fourth-order valence-corrected chi connectivity index (χ4v) is 1.69. The highest BCUT2D eigenvalue weighted by Gasteiger charge is 2.30. The van der Waals surface area contributed by atoms with Gasteiger partial charge >= 0.3 is 18.0 Å². The van der Waals surface area contributed by atoms with E-state index in [-0.39, 0.29) is 6.61 Å². The van der Waals surface area contributed by atoms with Crippen molar-refractivity contribution in [2.45, 2.75) is 25.2 Å². The van der Waals surface area contributed by atoms with Crippen LogP contribution in [0.1, 0.15) is 12.0 Å². The van der Waals surface area contributed by atoms with Gasteiger partial charge in [-0.15, -0.1) is 0 Å². The maximum absolute atomic E-state index is 13.6. The molecule has 8 heteroatoms. The number of hydrogen-bond donors (Lipinski definition) is 1. The summed E-state index contributed by atoms with van der Waals surface area (Å²) in [6.07, 6.45) is -3.61. The van der Waals surface area contributed by atoms with Crippen molar-refractivity contribution in [3.8, 4) is 0 Å². The van der Waals surface area contributed by atoms with E-state index in [2.05, 4.69) is 14.8 Å². The van der Waals surface area contributed by atoms with E-state index < -0.39 is 36.7 Å². The molecule has 0 aliphatic heterocycles. The van der Waals surface area contributed by atoms with Gasteiger partial charge in [-0.05, 0) is 5.56 Å². The highest BCUT2D eigenvalue weighted by atomic mass is 19.1. The molecule has 0 fully saturated rings.